The number of aromatic nitrogens is 3. The Bertz CT molecular complexity index is 538. The first kappa shape index (κ1) is 13.7. The van der Waals surface area contributed by atoms with Gasteiger partial charge in [-0.05, 0) is 20.3 Å². The van der Waals surface area contributed by atoms with Crippen LogP contribution in [0.4, 0.5) is 11.6 Å². The molecule has 0 unspecified atom stereocenters. The van der Waals surface area contributed by atoms with Crippen LogP contribution < -0.4 is 10.6 Å². The number of nitrogens with zero attached hydrogens (tertiary/aromatic N) is 3. The summed E-state index contributed by atoms with van der Waals surface area (Å²) in [7, 11) is 0. The predicted octanol–water partition coefficient (Wildman–Crippen LogP) is 2.98. The van der Waals surface area contributed by atoms with E-state index in [-0.39, 0.29) is 0 Å². The SMILES string of the molecule is CCCNc1cc(NCc2csc(C)n2)nc(C)n1. The lowest BCUT2D eigenvalue weighted by Gasteiger charge is -2.08. The van der Waals surface area contributed by atoms with Crippen LogP contribution in [0.3, 0.4) is 0 Å². The molecular weight excluding hydrogens is 258 g/mol. The molecule has 0 fully saturated rings. The molecule has 0 saturated heterocycles. The van der Waals surface area contributed by atoms with E-state index in [2.05, 4.69) is 37.9 Å². The van der Waals surface area contributed by atoms with Crippen molar-refractivity contribution < 1.29 is 0 Å². The Labute approximate surface area is 117 Å². The fourth-order valence-corrected chi connectivity index (χ4v) is 2.29. The summed E-state index contributed by atoms with van der Waals surface area (Å²) in [4.78, 5) is 13.1. The standard InChI is InChI=1S/C13H19N5S/c1-4-5-14-12-6-13(17-9(2)16-12)15-7-11-8-19-10(3)18-11/h6,8H,4-5,7H2,1-3H3,(H2,14,15,16,17). The third-order valence-corrected chi connectivity index (χ3v) is 3.33. The van der Waals surface area contributed by atoms with Crippen molar-refractivity contribution in [3.8, 4) is 0 Å². The van der Waals surface area contributed by atoms with E-state index in [1.54, 1.807) is 11.3 Å². The lowest BCUT2D eigenvalue weighted by atomic mass is 10.4. The fraction of sp³-hybridized carbons (Fsp3) is 0.462. The fourth-order valence-electron chi connectivity index (χ4n) is 1.67. The van der Waals surface area contributed by atoms with Crippen LogP contribution in [0, 0.1) is 13.8 Å². The maximum absolute atomic E-state index is 4.42. The number of hydrogen-bond acceptors (Lipinski definition) is 6. The van der Waals surface area contributed by atoms with Gasteiger partial charge in [-0.25, -0.2) is 15.0 Å². The normalized spacial score (nSPS) is 10.5. The molecule has 0 radical (unpaired) electrons. The van der Waals surface area contributed by atoms with Crippen molar-refractivity contribution in [3.05, 3.63) is 28.0 Å². The number of thiazole rings is 1. The van der Waals surface area contributed by atoms with E-state index in [0.29, 0.717) is 6.54 Å². The van der Waals surface area contributed by atoms with Crippen molar-refractivity contribution in [2.45, 2.75) is 33.7 Å². The first-order valence-corrected chi connectivity index (χ1v) is 7.29. The highest BCUT2D eigenvalue weighted by molar-refractivity contribution is 7.09. The maximum atomic E-state index is 4.42. The summed E-state index contributed by atoms with van der Waals surface area (Å²) in [5, 5.41) is 9.70. The molecule has 102 valence electrons. The van der Waals surface area contributed by atoms with Crippen LogP contribution in [0.15, 0.2) is 11.4 Å². The van der Waals surface area contributed by atoms with E-state index in [1.165, 1.54) is 0 Å². The molecule has 19 heavy (non-hydrogen) atoms. The molecule has 0 aromatic carbocycles. The van der Waals surface area contributed by atoms with Crippen LogP contribution >= 0.6 is 11.3 Å². The minimum absolute atomic E-state index is 0.689. The smallest absolute Gasteiger partial charge is 0.132 e. The third-order valence-electron chi connectivity index (χ3n) is 2.51. The van der Waals surface area contributed by atoms with E-state index in [1.807, 2.05) is 19.9 Å². The number of aryl methyl sites for hydroxylation is 2. The summed E-state index contributed by atoms with van der Waals surface area (Å²) >= 11 is 1.66. The summed E-state index contributed by atoms with van der Waals surface area (Å²) in [5.74, 6) is 2.46. The molecular formula is C13H19N5S. The van der Waals surface area contributed by atoms with Crippen LogP contribution in [0.1, 0.15) is 29.9 Å². The van der Waals surface area contributed by atoms with Gasteiger partial charge in [0.2, 0.25) is 0 Å². The maximum Gasteiger partial charge on any atom is 0.132 e. The Morgan fingerprint density at radius 2 is 1.84 bits per heavy atom. The summed E-state index contributed by atoms with van der Waals surface area (Å²) < 4.78 is 0. The van der Waals surface area contributed by atoms with Crippen molar-refractivity contribution in [2.75, 3.05) is 17.2 Å². The summed E-state index contributed by atoms with van der Waals surface area (Å²) in [5.41, 5.74) is 1.04. The molecule has 0 bridgehead atoms. The molecule has 2 heterocycles. The number of anilines is 2. The van der Waals surface area contributed by atoms with Gasteiger partial charge in [0.1, 0.15) is 17.5 Å². The van der Waals surface area contributed by atoms with Crippen molar-refractivity contribution in [3.63, 3.8) is 0 Å². The van der Waals surface area contributed by atoms with Gasteiger partial charge in [0.05, 0.1) is 17.2 Å². The Morgan fingerprint density at radius 1 is 1.11 bits per heavy atom. The zero-order valence-corrected chi connectivity index (χ0v) is 12.3. The average molecular weight is 277 g/mol. The Hall–Kier alpha value is -1.69. The number of rotatable bonds is 6. The minimum atomic E-state index is 0.689. The second-order valence-corrected chi connectivity index (χ2v) is 5.39. The molecule has 2 rings (SSSR count). The topological polar surface area (TPSA) is 62.7 Å². The van der Waals surface area contributed by atoms with Gasteiger partial charge < -0.3 is 10.6 Å². The molecule has 0 aliphatic carbocycles. The molecule has 0 atom stereocenters. The first-order chi connectivity index (χ1) is 9.17. The van der Waals surface area contributed by atoms with Crippen LogP contribution in [-0.2, 0) is 6.54 Å². The van der Waals surface area contributed by atoms with E-state index < -0.39 is 0 Å². The second kappa shape index (κ2) is 6.47. The molecule has 0 aliphatic heterocycles. The molecule has 6 heteroatoms. The molecule has 2 aromatic heterocycles. The molecule has 2 aromatic rings. The van der Waals surface area contributed by atoms with Crippen molar-refractivity contribution >= 4 is 23.0 Å². The molecule has 0 saturated carbocycles. The van der Waals surface area contributed by atoms with Crippen LogP contribution in [0.25, 0.3) is 0 Å². The molecule has 2 N–H and O–H groups in total. The van der Waals surface area contributed by atoms with Crippen LogP contribution in [0.2, 0.25) is 0 Å². The molecule has 5 nitrogen and oxygen atoms in total. The van der Waals surface area contributed by atoms with Gasteiger partial charge in [0, 0.05) is 18.0 Å². The highest BCUT2D eigenvalue weighted by Crippen LogP contribution is 2.13. The molecule has 0 spiro atoms. The zero-order valence-electron chi connectivity index (χ0n) is 11.5. The summed E-state index contributed by atoms with van der Waals surface area (Å²) in [6.45, 7) is 7.64. The molecule has 0 amide bonds. The van der Waals surface area contributed by atoms with Crippen molar-refractivity contribution in [2.24, 2.45) is 0 Å². The van der Waals surface area contributed by atoms with Crippen molar-refractivity contribution in [1.29, 1.82) is 0 Å². The Kier molecular flexibility index (Phi) is 4.68. The van der Waals surface area contributed by atoms with Gasteiger partial charge in [-0.3, -0.25) is 0 Å². The van der Waals surface area contributed by atoms with Gasteiger partial charge in [0.15, 0.2) is 0 Å². The highest BCUT2D eigenvalue weighted by atomic mass is 32.1. The summed E-state index contributed by atoms with van der Waals surface area (Å²) in [6, 6.07) is 1.93. The van der Waals surface area contributed by atoms with E-state index in [4.69, 9.17) is 0 Å². The number of hydrogen-bond donors (Lipinski definition) is 2. The molecule has 0 aliphatic rings. The lowest BCUT2D eigenvalue weighted by Crippen LogP contribution is -2.07. The minimum Gasteiger partial charge on any atom is -0.370 e. The Balaban J connectivity index is 2.01. The van der Waals surface area contributed by atoms with Crippen LogP contribution in [-0.4, -0.2) is 21.5 Å². The summed E-state index contributed by atoms with van der Waals surface area (Å²) in [6.07, 6.45) is 1.07. The van der Waals surface area contributed by atoms with E-state index in [0.717, 1.165) is 41.1 Å². The van der Waals surface area contributed by atoms with Crippen molar-refractivity contribution in [1.82, 2.24) is 15.0 Å². The second-order valence-electron chi connectivity index (χ2n) is 4.32. The van der Waals surface area contributed by atoms with Gasteiger partial charge >= 0.3 is 0 Å². The first-order valence-electron chi connectivity index (χ1n) is 6.42. The highest BCUT2D eigenvalue weighted by Gasteiger charge is 2.03. The van der Waals surface area contributed by atoms with Gasteiger partial charge in [-0.2, -0.15) is 0 Å². The zero-order chi connectivity index (χ0) is 13.7. The van der Waals surface area contributed by atoms with Gasteiger partial charge in [-0.1, -0.05) is 6.92 Å². The van der Waals surface area contributed by atoms with Gasteiger partial charge in [-0.15, -0.1) is 11.3 Å². The Morgan fingerprint density at radius 3 is 2.47 bits per heavy atom. The third kappa shape index (κ3) is 4.17. The van der Waals surface area contributed by atoms with E-state index in [9.17, 15) is 0 Å². The van der Waals surface area contributed by atoms with E-state index >= 15 is 0 Å². The number of nitrogens with one attached hydrogen (secondary N) is 2. The largest absolute Gasteiger partial charge is 0.370 e. The van der Waals surface area contributed by atoms with Crippen LogP contribution in [0.5, 0.6) is 0 Å². The quantitative estimate of drug-likeness (QED) is 0.850. The lowest BCUT2D eigenvalue weighted by molar-refractivity contribution is 0.949. The predicted molar refractivity (Wildman–Crippen MR) is 79.7 cm³/mol. The van der Waals surface area contributed by atoms with Gasteiger partial charge in [0.25, 0.3) is 0 Å². The monoisotopic (exact) mass is 277 g/mol. The average Bonchev–Trinajstić information content (AvgIpc) is 2.79.